The Morgan fingerprint density at radius 2 is 1.67 bits per heavy atom. The molecule has 1 atom stereocenters. The Morgan fingerprint density at radius 3 is 2.33 bits per heavy atom. The van der Waals surface area contributed by atoms with Crippen molar-refractivity contribution >= 4 is 23.2 Å². The molecule has 3 N–H and O–H groups in total. The van der Waals surface area contributed by atoms with Crippen molar-refractivity contribution in [3.63, 3.8) is 0 Å². The lowest BCUT2D eigenvalue weighted by molar-refractivity contribution is 0.103. The summed E-state index contributed by atoms with van der Waals surface area (Å²) in [6.07, 6.45) is 0. The Hall–Kier alpha value is -3.16. The van der Waals surface area contributed by atoms with Gasteiger partial charge in [0.05, 0.1) is 23.0 Å². The van der Waals surface area contributed by atoms with Gasteiger partial charge in [0.1, 0.15) is 0 Å². The number of benzene rings is 2. The molecule has 24 heavy (non-hydrogen) atoms. The smallest absolute Gasteiger partial charge is 0.320 e. The van der Waals surface area contributed by atoms with Crippen LogP contribution in [0.25, 0.3) is 5.70 Å². The molecular formula is C17H12N3O4-. The highest BCUT2D eigenvalue weighted by Gasteiger charge is 2.39. The Bertz CT molecular complexity index is 887. The molecule has 0 aromatic heterocycles. The van der Waals surface area contributed by atoms with Gasteiger partial charge in [-0.3, -0.25) is 10.0 Å². The number of hydrogen-bond donors (Lipinski definition) is 3. The summed E-state index contributed by atoms with van der Waals surface area (Å²) in [5.74, 6) is -0.144. The highest BCUT2D eigenvalue weighted by atomic mass is 16.8. The summed E-state index contributed by atoms with van der Waals surface area (Å²) in [7, 11) is 0. The van der Waals surface area contributed by atoms with Crippen molar-refractivity contribution < 1.29 is 14.8 Å². The summed E-state index contributed by atoms with van der Waals surface area (Å²) in [5.41, 5.74) is 2.94. The molecule has 1 aliphatic heterocycles. The molecule has 2 aromatic carbocycles. The van der Waals surface area contributed by atoms with Crippen LogP contribution in [-0.4, -0.2) is 17.0 Å². The monoisotopic (exact) mass is 322 g/mol. The molecule has 0 saturated heterocycles. The molecule has 1 aliphatic carbocycles. The molecule has 2 aromatic rings. The zero-order valence-electron chi connectivity index (χ0n) is 12.3. The fourth-order valence-electron chi connectivity index (χ4n) is 3.11. The van der Waals surface area contributed by atoms with E-state index in [0.717, 1.165) is 0 Å². The maximum atomic E-state index is 12.7. The fraction of sp³-hybridized carbons (Fsp3) is 0.0588. The standard InChI is InChI=1S/C17H12N3O4/c21-16-12-4-2-1-3-11(12)15-13(16)14(18-17(22)19-15)9-5-7-10(8-6-9)20(23)24/h1-8,14,23H,(H2,18,19,22)/q-1/t14-/m1/s1. The molecule has 7 heteroatoms. The minimum Gasteiger partial charge on any atom is -0.733 e. The van der Waals surface area contributed by atoms with Gasteiger partial charge in [0.15, 0.2) is 5.78 Å². The number of Topliss-reactive ketones (excluding diaryl/α,β-unsaturated/α-hetero) is 1. The normalized spacial score (nSPS) is 18.7. The third-order valence-corrected chi connectivity index (χ3v) is 4.20. The van der Waals surface area contributed by atoms with Crippen molar-refractivity contribution in [2.24, 2.45) is 0 Å². The average Bonchev–Trinajstić information content (AvgIpc) is 2.87. The van der Waals surface area contributed by atoms with E-state index < -0.39 is 12.1 Å². The van der Waals surface area contributed by atoms with Crippen LogP contribution in [-0.2, 0) is 0 Å². The van der Waals surface area contributed by atoms with Gasteiger partial charge in [-0.15, -0.1) is 0 Å². The highest BCUT2D eigenvalue weighted by molar-refractivity contribution is 6.23. The van der Waals surface area contributed by atoms with Crippen LogP contribution < -0.4 is 15.9 Å². The summed E-state index contributed by atoms with van der Waals surface area (Å²) in [5, 5.41) is 25.0. The predicted molar refractivity (Wildman–Crippen MR) is 86.2 cm³/mol. The van der Waals surface area contributed by atoms with Gasteiger partial charge in [-0.1, -0.05) is 36.4 Å². The van der Waals surface area contributed by atoms with Gasteiger partial charge >= 0.3 is 6.03 Å². The Labute approximate surface area is 136 Å². The van der Waals surface area contributed by atoms with Crippen LogP contribution in [0.1, 0.15) is 27.5 Å². The lowest BCUT2D eigenvalue weighted by atomic mass is 9.94. The van der Waals surface area contributed by atoms with E-state index >= 15 is 0 Å². The molecule has 1 heterocycles. The number of urea groups is 1. The maximum absolute atomic E-state index is 12.7. The van der Waals surface area contributed by atoms with Crippen LogP contribution in [0.3, 0.4) is 0 Å². The molecule has 120 valence electrons. The minimum atomic E-state index is -0.624. The largest absolute Gasteiger partial charge is 0.733 e. The molecule has 0 unspecified atom stereocenters. The Balaban J connectivity index is 1.81. The van der Waals surface area contributed by atoms with Gasteiger partial charge in [-0.2, -0.15) is 0 Å². The molecule has 0 fully saturated rings. The number of anilines is 1. The molecule has 2 amide bonds. The SMILES string of the molecule is O=C1NC2=C(C(=O)c3ccccc32)[C@@H](c2ccc(N([O-])O)cc2)N1. The van der Waals surface area contributed by atoms with Crippen molar-refractivity contribution in [1.82, 2.24) is 10.6 Å². The zero-order valence-corrected chi connectivity index (χ0v) is 12.3. The van der Waals surface area contributed by atoms with Crippen LogP contribution in [0.5, 0.6) is 0 Å². The number of amides is 2. The van der Waals surface area contributed by atoms with Crippen LogP contribution in [0, 0.1) is 5.21 Å². The summed E-state index contributed by atoms with van der Waals surface area (Å²) in [6.45, 7) is 0. The molecule has 7 nitrogen and oxygen atoms in total. The zero-order chi connectivity index (χ0) is 16.8. The number of carbonyl (C=O) groups is 2. The van der Waals surface area contributed by atoms with Gasteiger partial charge in [-0.25, -0.2) is 4.79 Å². The number of fused-ring (bicyclic) bond motifs is 2. The van der Waals surface area contributed by atoms with E-state index in [-0.39, 0.29) is 16.7 Å². The van der Waals surface area contributed by atoms with E-state index in [2.05, 4.69) is 10.6 Å². The van der Waals surface area contributed by atoms with Crippen LogP contribution >= 0.6 is 0 Å². The summed E-state index contributed by atoms with van der Waals surface area (Å²) in [4.78, 5) is 24.8. The van der Waals surface area contributed by atoms with Crippen LogP contribution in [0.4, 0.5) is 10.5 Å². The van der Waals surface area contributed by atoms with Crippen molar-refractivity contribution in [2.75, 3.05) is 5.23 Å². The number of hydrogen-bond acceptors (Lipinski definition) is 5. The number of nitrogens with zero attached hydrogens (tertiary/aromatic N) is 1. The second-order valence-corrected chi connectivity index (χ2v) is 5.56. The quantitative estimate of drug-likeness (QED) is 0.736. The third kappa shape index (κ3) is 2.07. The summed E-state index contributed by atoms with van der Waals surface area (Å²) in [6, 6.07) is 12.1. The molecule has 4 rings (SSSR count). The third-order valence-electron chi connectivity index (χ3n) is 4.20. The second-order valence-electron chi connectivity index (χ2n) is 5.56. The first-order valence-corrected chi connectivity index (χ1v) is 7.28. The lowest BCUT2D eigenvalue weighted by Crippen LogP contribution is -2.43. The van der Waals surface area contributed by atoms with E-state index in [9.17, 15) is 14.8 Å². The van der Waals surface area contributed by atoms with Gasteiger partial charge < -0.3 is 21.1 Å². The maximum Gasteiger partial charge on any atom is 0.320 e. The van der Waals surface area contributed by atoms with Crippen LogP contribution in [0.15, 0.2) is 54.1 Å². The van der Waals surface area contributed by atoms with E-state index in [0.29, 0.717) is 28.0 Å². The van der Waals surface area contributed by atoms with Crippen molar-refractivity contribution in [3.05, 3.63) is 76.0 Å². The summed E-state index contributed by atoms with van der Waals surface area (Å²) < 4.78 is 0. The lowest BCUT2D eigenvalue weighted by Gasteiger charge is -2.27. The number of nitrogens with one attached hydrogen (secondary N) is 2. The average molecular weight is 322 g/mol. The first-order valence-electron chi connectivity index (χ1n) is 7.28. The molecule has 0 spiro atoms. The topological polar surface area (TPSA) is 105 Å². The predicted octanol–water partition coefficient (Wildman–Crippen LogP) is 2.34. The molecule has 2 aliphatic rings. The van der Waals surface area contributed by atoms with Gasteiger partial charge in [-0.05, 0) is 17.7 Å². The Kier molecular flexibility index (Phi) is 3.12. The molecular weight excluding hydrogens is 310 g/mol. The van der Waals surface area contributed by atoms with Gasteiger partial charge in [0.2, 0.25) is 0 Å². The number of ketones is 1. The first kappa shape index (κ1) is 14.4. The van der Waals surface area contributed by atoms with E-state index in [1.165, 1.54) is 12.1 Å². The first-order chi connectivity index (χ1) is 11.6. The van der Waals surface area contributed by atoms with E-state index in [1.807, 2.05) is 6.07 Å². The minimum absolute atomic E-state index is 0.0641. The highest BCUT2D eigenvalue weighted by Crippen LogP contribution is 2.39. The van der Waals surface area contributed by atoms with Crippen molar-refractivity contribution in [3.8, 4) is 0 Å². The number of rotatable bonds is 2. The van der Waals surface area contributed by atoms with E-state index in [1.54, 1.807) is 30.3 Å². The fourth-order valence-corrected chi connectivity index (χ4v) is 3.11. The molecule has 0 radical (unpaired) electrons. The van der Waals surface area contributed by atoms with Gasteiger partial charge in [0, 0.05) is 11.1 Å². The van der Waals surface area contributed by atoms with Crippen molar-refractivity contribution in [2.45, 2.75) is 6.04 Å². The van der Waals surface area contributed by atoms with Crippen molar-refractivity contribution in [1.29, 1.82) is 0 Å². The Morgan fingerprint density at radius 1 is 1.00 bits per heavy atom. The number of carbonyl (C=O) groups excluding carboxylic acids is 2. The van der Waals surface area contributed by atoms with Gasteiger partial charge in [0.25, 0.3) is 0 Å². The molecule has 0 saturated carbocycles. The summed E-state index contributed by atoms with van der Waals surface area (Å²) >= 11 is 0. The second kappa shape index (κ2) is 5.19. The van der Waals surface area contributed by atoms with Crippen LogP contribution in [0.2, 0.25) is 0 Å². The van der Waals surface area contributed by atoms with E-state index in [4.69, 9.17) is 5.21 Å². The molecule has 0 bridgehead atoms.